The third-order valence-corrected chi connectivity index (χ3v) is 4.39. The van der Waals surface area contributed by atoms with Crippen LogP contribution >= 0.6 is 0 Å². The van der Waals surface area contributed by atoms with E-state index in [-0.39, 0.29) is 23.4 Å². The van der Waals surface area contributed by atoms with Crippen LogP contribution in [-0.2, 0) is 9.59 Å². The van der Waals surface area contributed by atoms with Crippen LogP contribution in [0.15, 0.2) is 0 Å². The van der Waals surface area contributed by atoms with Crippen LogP contribution in [0.5, 0.6) is 0 Å². The normalized spacial score (nSPS) is 20.2. The van der Waals surface area contributed by atoms with Crippen molar-refractivity contribution in [3.63, 3.8) is 0 Å². The maximum atomic E-state index is 11.8. The summed E-state index contributed by atoms with van der Waals surface area (Å²) in [5.41, 5.74) is 0. The van der Waals surface area contributed by atoms with E-state index in [1.165, 1.54) is 12.8 Å². The third kappa shape index (κ3) is 4.53. The maximum Gasteiger partial charge on any atom is 0.209 e. The van der Waals surface area contributed by atoms with Crippen LogP contribution in [0, 0.1) is 35.5 Å². The molecule has 2 heteroatoms. The Balaban J connectivity index is 1.82. The second-order valence-corrected chi connectivity index (χ2v) is 5.90. The zero-order valence-electron chi connectivity index (χ0n) is 12.0. The first kappa shape index (κ1) is 14.9. The lowest BCUT2D eigenvalue weighted by atomic mass is 9.86. The monoisotopic (exact) mass is 270 g/mol. The molecule has 2 aliphatic rings. The Morgan fingerprint density at radius 3 is 1.30 bits per heavy atom. The first-order valence-electron chi connectivity index (χ1n) is 7.87. The molecule has 0 saturated heterocycles. The molecule has 2 fully saturated rings. The lowest BCUT2D eigenvalue weighted by Crippen LogP contribution is -2.16. The minimum absolute atomic E-state index is 0.00381. The van der Waals surface area contributed by atoms with Crippen molar-refractivity contribution in [3.8, 4) is 23.7 Å². The highest BCUT2D eigenvalue weighted by Gasteiger charge is 2.20. The van der Waals surface area contributed by atoms with Gasteiger partial charge in [-0.05, 0) is 49.4 Å². The molecule has 0 aromatic heterocycles. The summed E-state index contributed by atoms with van der Waals surface area (Å²) >= 11 is 0. The molecular formula is C18H22O2. The molecule has 2 aliphatic carbocycles. The quantitative estimate of drug-likeness (QED) is 0.570. The number of rotatable bonds is 2. The summed E-state index contributed by atoms with van der Waals surface area (Å²) in [6, 6.07) is 0. The molecule has 0 N–H and O–H groups in total. The van der Waals surface area contributed by atoms with E-state index in [0.717, 1.165) is 51.4 Å². The number of hydrogen-bond acceptors (Lipinski definition) is 2. The maximum absolute atomic E-state index is 11.8. The van der Waals surface area contributed by atoms with Gasteiger partial charge in [-0.25, -0.2) is 0 Å². The number of ketones is 2. The van der Waals surface area contributed by atoms with Crippen LogP contribution in [-0.4, -0.2) is 11.6 Å². The molecule has 2 nitrogen and oxygen atoms in total. The molecule has 2 rings (SSSR count). The number of carbonyl (C=O) groups excluding carboxylic acids is 2. The van der Waals surface area contributed by atoms with Gasteiger partial charge < -0.3 is 0 Å². The smallest absolute Gasteiger partial charge is 0.209 e. The van der Waals surface area contributed by atoms with E-state index in [4.69, 9.17) is 0 Å². The molecule has 0 radical (unpaired) electrons. The summed E-state index contributed by atoms with van der Waals surface area (Å²) in [5.74, 6) is 10.5. The molecular weight excluding hydrogens is 248 g/mol. The van der Waals surface area contributed by atoms with Crippen molar-refractivity contribution in [2.24, 2.45) is 11.8 Å². The second kappa shape index (κ2) is 7.91. The molecule has 0 amide bonds. The summed E-state index contributed by atoms with van der Waals surface area (Å²) in [4.78, 5) is 23.6. The molecule has 0 atom stereocenters. The molecule has 0 heterocycles. The van der Waals surface area contributed by atoms with E-state index in [2.05, 4.69) is 23.7 Å². The van der Waals surface area contributed by atoms with Gasteiger partial charge in [0.1, 0.15) is 0 Å². The van der Waals surface area contributed by atoms with Crippen LogP contribution < -0.4 is 0 Å². The van der Waals surface area contributed by atoms with Crippen LogP contribution in [0.3, 0.4) is 0 Å². The Bertz CT molecular complexity index is 423. The molecule has 0 unspecified atom stereocenters. The molecule has 2 saturated carbocycles. The number of Topliss-reactive ketones (excluding diaryl/α,β-unsaturated/α-hetero) is 2. The Kier molecular flexibility index (Phi) is 5.87. The molecule has 0 aromatic rings. The molecule has 0 aliphatic heterocycles. The SMILES string of the molecule is O=C(C#CC#CC(=O)C1CCCCC1)C1CCCCC1. The average molecular weight is 270 g/mol. The summed E-state index contributed by atoms with van der Waals surface area (Å²) in [5, 5.41) is 0. The molecule has 20 heavy (non-hydrogen) atoms. The van der Waals surface area contributed by atoms with E-state index in [0.29, 0.717) is 0 Å². The molecule has 0 spiro atoms. The van der Waals surface area contributed by atoms with Crippen molar-refractivity contribution in [2.45, 2.75) is 64.2 Å². The largest absolute Gasteiger partial charge is 0.285 e. The van der Waals surface area contributed by atoms with E-state index < -0.39 is 0 Å². The minimum atomic E-state index is 0.00381. The van der Waals surface area contributed by atoms with E-state index >= 15 is 0 Å². The fourth-order valence-corrected chi connectivity index (χ4v) is 3.12. The standard InChI is InChI=1S/C18H22O2/c19-17(15-9-3-1-4-10-15)13-7-8-14-18(20)16-11-5-2-6-12-16/h15-16H,1-6,9-12H2. The zero-order chi connectivity index (χ0) is 14.2. The van der Waals surface area contributed by atoms with E-state index in [1.54, 1.807) is 0 Å². The highest BCUT2D eigenvalue weighted by molar-refractivity contribution is 6.00. The van der Waals surface area contributed by atoms with Crippen molar-refractivity contribution in [2.75, 3.05) is 0 Å². The Hall–Kier alpha value is -1.54. The van der Waals surface area contributed by atoms with Gasteiger partial charge in [0.2, 0.25) is 11.6 Å². The van der Waals surface area contributed by atoms with Crippen LogP contribution in [0.1, 0.15) is 64.2 Å². The van der Waals surface area contributed by atoms with E-state index in [1.807, 2.05) is 0 Å². The van der Waals surface area contributed by atoms with Gasteiger partial charge >= 0.3 is 0 Å². The molecule has 106 valence electrons. The predicted molar refractivity (Wildman–Crippen MR) is 78.7 cm³/mol. The lowest BCUT2D eigenvalue weighted by Gasteiger charge is -2.17. The first-order valence-corrected chi connectivity index (χ1v) is 7.87. The van der Waals surface area contributed by atoms with Gasteiger partial charge in [0.05, 0.1) is 0 Å². The van der Waals surface area contributed by atoms with Gasteiger partial charge in [-0.1, -0.05) is 38.5 Å². The van der Waals surface area contributed by atoms with Gasteiger partial charge in [0, 0.05) is 11.8 Å². The van der Waals surface area contributed by atoms with Crippen LogP contribution in [0.2, 0.25) is 0 Å². The highest BCUT2D eigenvalue weighted by Crippen LogP contribution is 2.24. The van der Waals surface area contributed by atoms with Gasteiger partial charge in [-0.15, -0.1) is 0 Å². The summed E-state index contributed by atoms with van der Waals surface area (Å²) < 4.78 is 0. The fourth-order valence-electron chi connectivity index (χ4n) is 3.12. The van der Waals surface area contributed by atoms with Gasteiger partial charge in [-0.3, -0.25) is 9.59 Å². The fraction of sp³-hybridized carbons (Fsp3) is 0.667. The van der Waals surface area contributed by atoms with Crippen LogP contribution in [0.25, 0.3) is 0 Å². The lowest BCUT2D eigenvalue weighted by molar-refractivity contribution is -0.119. The van der Waals surface area contributed by atoms with Crippen molar-refractivity contribution >= 4 is 11.6 Å². The minimum Gasteiger partial charge on any atom is -0.285 e. The van der Waals surface area contributed by atoms with Gasteiger partial charge in [0.15, 0.2) is 0 Å². The summed E-state index contributed by atoms with van der Waals surface area (Å²) in [7, 11) is 0. The van der Waals surface area contributed by atoms with Gasteiger partial charge in [0.25, 0.3) is 0 Å². The second-order valence-electron chi connectivity index (χ2n) is 5.90. The van der Waals surface area contributed by atoms with Crippen LogP contribution in [0.4, 0.5) is 0 Å². The molecule has 0 bridgehead atoms. The van der Waals surface area contributed by atoms with Crippen molar-refractivity contribution in [3.05, 3.63) is 0 Å². The Morgan fingerprint density at radius 2 is 0.950 bits per heavy atom. The predicted octanol–water partition coefficient (Wildman–Crippen LogP) is 3.29. The van der Waals surface area contributed by atoms with Crippen molar-refractivity contribution < 1.29 is 9.59 Å². The number of hydrogen-bond donors (Lipinski definition) is 0. The topological polar surface area (TPSA) is 34.1 Å². The Labute approximate surface area is 121 Å². The van der Waals surface area contributed by atoms with Gasteiger partial charge in [-0.2, -0.15) is 0 Å². The third-order valence-electron chi connectivity index (χ3n) is 4.39. The summed E-state index contributed by atoms with van der Waals surface area (Å²) in [6.07, 6.45) is 10.8. The first-order chi connectivity index (χ1) is 9.77. The Morgan fingerprint density at radius 1 is 0.600 bits per heavy atom. The highest BCUT2D eigenvalue weighted by atomic mass is 16.1. The number of carbonyl (C=O) groups is 2. The van der Waals surface area contributed by atoms with Crippen molar-refractivity contribution in [1.82, 2.24) is 0 Å². The average Bonchev–Trinajstić information content (AvgIpc) is 2.53. The van der Waals surface area contributed by atoms with Crippen molar-refractivity contribution in [1.29, 1.82) is 0 Å². The zero-order valence-corrected chi connectivity index (χ0v) is 12.0. The molecule has 0 aromatic carbocycles. The summed E-state index contributed by atoms with van der Waals surface area (Å²) in [6.45, 7) is 0. The van der Waals surface area contributed by atoms with E-state index in [9.17, 15) is 9.59 Å².